The first-order chi connectivity index (χ1) is 11.1. The van der Waals surface area contributed by atoms with E-state index in [0.29, 0.717) is 18.1 Å². The van der Waals surface area contributed by atoms with Crippen LogP contribution >= 0.6 is 8.03 Å². The first kappa shape index (κ1) is 16.9. The lowest BCUT2D eigenvalue weighted by molar-refractivity contribution is 0.108. The van der Waals surface area contributed by atoms with Crippen molar-refractivity contribution in [2.45, 2.75) is 13.0 Å². The maximum atomic E-state index is 11.8. The number of nitrogen functional groups attached to an aromatic ring is 2. The Balaban J connectivity index is 1.73. The van der Waals surface area contributed by atoms with Crippen molar-refractivity contribution < 1.29 is 13.8 Å². The van der Waals surface area contributed by atoms with Crippen LogP contribution in [0.4, 0.5) is 17.3 Å². The van der Waals surface area contributed by atoms with Gasteiger partial charge in [-0.1, -0.05) is 18.2 Å². The Bertz CT molecular complexity index is 656. The Hall–Kier alpha value is -2.44. The molecule has 23 heavy (non-hydrogen) atoms. The normalized spacial score (nSPS) is 12.5. The van der Waals surface area contributed by atoms with E-state index in [9.17, 15) is 4.57 Å². The van der Waals surface area contributed by atoms with E-state index in [1.807, 2.05) is 25.1 Å². The highest BCUT2D eigenvalue weighted by Gasteiger charge is 2.21. The molecule has 0 aliphatic heterocycles. The zero-order valence-corrected chi connectivity index (χ0v) is 13.6. The molecule has 0 spiro atoms. The van der Waals surface area contributed by atoms with Gasteiger partial charge < -0.3 is 21.5 Å². The average molecular weight is 336 g/mol. The van der Waals surface area contributed by atoms with Crippen LogP contribution in [0, 0.1) is 0 Å². The molecule has 122 valence electrons. The van der Waals surface area contributed by atoms with E-state index in [4.69, 9.17) is 20.7 Å². The topological polar surface area (TPSA) is 125 Å². The third-order valence-electron chi connectivity index (χ3n) is 2.89. The molecule has 5 N–H and O–H groups in total. The fourth-order valence-electron chi connectivity index (χ4n) is 1.66. The number of rotatable bonds is 8. The van der Waals surface area contributed by atoms with Gasteiger partial charge >= 0.3 is 8.03 Å². The fourth-order valence-corrected chi connectivity index (χ4v) is 2.45. The molecule has 1 heterocycles. The Morgan fingerprint density at radius 3 is 2.74 bits per heavy atom. The lowest BCUT2D eigenvalue weighted by atomic mass is 10.3. The van der Waals surface area contributed by atoms with Gasteiger partial charge in [-0.25, -0.2) is 9.97 Å². The number of para-hydroxylation sites is 1. The number of anilines is 3. The second kappa shape index (κ2) is 8.26. The van der Waals surface area contributed by atoms with Crippen molar-refractivity contribution in [2.75, 3.05) is 29.7 Å². The maximum Gasteiger partial charge on any atom is 0.585 e. The molecule has 1 unspecified atom stereocenters. The van der Waals surface area contributed by atoms with E-state index in [-0.39, 0.29) is 24.0 Å². The summed E-state index contributed by atoms with van der Waals surface area (Å²) in [5.41, 5.74) is 11.6. The van der Waals surface area contributed by atoms with Crippen LogP contribution in [0.3, 0.4) is 0 Å². The highest BCUT2D eigenvalue weighted by molar-refractivity contribution is 7.39. The molecule has 0 saturated heterocycles. The summed E-state index contributed by atoms with van der Waals surface area (Å²) in [6.07, 6.45) is 1.10. The molecule has 2 rings (SSSR count). The summed E-state index contributed by atoms with van der Waals surface area (Å²) in [5.74, 6) is 1.21. The van der Waals surface area contributed by atoms with Gasteiger partial charge in [0.05, 0.1) is 6.10 Å². The molecule has 0 aliphatic carbocycles. The number of benzene rings is 1. The van der Waals surface area contributed by atoms with Crippen LogP contribution in [0.1, 0.15) is 6.92 Å². The molecule has 0 fully saturated rings. The van der Waals surface area contributed by atoms with E-state index in [0.717, 1.165) is 0 Å². The summed E-state index contributed by atoms with van der Waals surface area (Å²) in [4.78, 5) is 7.78. The van der Waals surface area contributed by atoms with Gasteiger partial charge in [0.25, 0.3) is 6.35 Å². The molecule has 0 aliphatic rings. The van der Waals surface area contributed by atoms with Gasteiger partial charge in [0.15, 0.2) is 17.4 Å². The number of nitrogens with one attached hydrogen (secondary N) is 1. The van der Waals surface area contributed by atoms with Crippen LogP contribution in [-0.2, 0) is 9.30 Å². The van der Waals surface area contributed by atoms with Crippen LogP contribution in [0.5, 0.6) is 5.75 Å². The number of ether oxygens (including phenoxy) is 1. The molecule has 8 nitrogen and oxygen atoms in total. The smallest absolute Gasteiger partial charge is 0.393 e. The van der Waals surface area contributed by atoms with Crippen molar-refractivity contribution in [2.24, 2.45) is 0 Å². The van der Waals surface area contributed by atoms with E-state index < -0.39 is 8.03 Å². The summed E-state index contributed by atoms with van der Waals surface area (Å²) in [6.45, 7) is 2.26. The minimum absolute atomic E-state index is 0.00549. The van der Waals surface area contributed by atoms with Crippen molar-refractivity contribution in [3.8, 4) is 5.75 Å². The molecule has 2 aromatic rings. The van der Waals surface area contributed by atoms with Crippen LogP contribution in [0.15, 0.2) is 36.7 Å². The SMILES string of the molecule is C[C@H](CNc1ncnc(N)c1N)OC[P+](=O)Oc1ccccc1. The van der Waals surface area contributed by atoms with E-state index >= 15 is 0 Å². The van der Waals surface area contributed by atoms with Crippen LogP contribution in [0.25, 0.3) is 0 Å². The molecule has 0 radical (unpaired) electrons. The Kier molecular flexibility index (Phi) is 6.08. The molecule has 9 heteroatoms. The lowest BCUT2D eigenvalue weighted by Gasteiger charge is -2.13. The zero-order chi connectivity index (χ0) is 16.7. The number of nitrogens with zero attached hydrogens (tertiary/aromatic N) is 2. The minimum Gasteiger partial charge on any atom is -0.393 e. The molecule has 1 aromatic carbocycles. The van der Waals surface area contributed by atoms with Crippen molar-refractivity contribution in [3.63, 3.8) is 0 Å². The summed E-state index contributed by atoms with van der Waals surface area (Å²) in [7, 11) is -1.94. The quantitative estimate of drug-likeness (QED) is 0.627. The predicted molar refractivity (Wildman–Crippen MR) is 89.4 cm³/mol. The second-order valence-electron chi connectivity index (χ2n) is 4.75. The Labute approximate surface area is 135 Å². The highest BCUT2D eigenvalue weighted by Crippen LogP contribution is 2.27. The molecule has 2 atom stereocenters. The Morgan fingerprint density at radius 2 is 2.00 bits per heavy atom. The van der Waals surface area contributed by atoms with Gasteiger partial charge in [-0.3, -0.25) is 4.52 Å². The average Bonchev–Trinajstić information content (AvgIpc) is 2.55. The van der Waals surface area contributed by atoms with E-state index in [2.05, 4.69) is 15.3 Å². The van der Waals surface area contributed by atoms with Gasteiger partial charge in [-0.05, 0) is 23.6 Å². The minimum atomic E-state index is -1.94. The zero-order valence-electron chi connectivity index (χ0n) is 12.7. The number of hydrogen-bond acceptors (Lipinski definition) is 8. The summed E-state index contributed by atoms with van der Waals surface area (Å²) < 4.78 is 22.6. The monoisotopic (exact) mass is 336 g/mol. The van der Waals surface area contributed by atoms with Gasteiger partial charge in [0.1, 0.15) is 12.0 Å². The number of nitrogens with two attached hydrogens (primary N) is 2. The van der Waals surface area contributed by atoms with Crippen molar-refractivity contribution in [1.82, 2.24) is 9.97 Å². The highest BCUT2D eigenvalue weighted by atomic mass is 31.1. The number of aromatic nitrogens is 2. The second-order valence-corrected chi connectivity index (χ2v) is 5.85. The largest absolute Gasteiger partial charge is 0.585 e. The van der Waals surface area contributed by atoms with Gasteiger partial charge in [-0.2, -0.15) is 0 Å². The van der Waals surface area contributed by atoms with Gasteiger partial charge in [-0.15, -0.1) is 0 Å². The number of hydrogen-bond donors (Lipinski definition) is 3. The van der Waals surface area contributed by atoms with Crippen LogP contribution in [0.2, 0.25) is 0 Å². The third kappa shape index (κ3) is 5.36. The standard InChI is InChI=1S/C14H19N5O3P/c1-10(7-17-14-12(15)13(16)18-8-19-14)21-9-23(20)22-11-5-3-2-4-6-11/h2-6,8,10H,7,9,15H2,1H3,(H3,16,17,18,19)/q+1/t10-/m1/s1. The first-order valence-corrected chi connectivity index (χ1v) is 8.31. The molecule has 0 amide bonds. The molecule has 0 saturated carbocycles. The summed E-state index contributed by atoms with van der Waals surface area (Å²) >= 11 is 0. The molecular weight excluding hydrogens is 317 g/mol. The first-order valence-electron chi connectivity index (χ1n) is 6.95. The molecular formula is C14H19N5O3P+. The van der Waals surface area contributed by atoms with E-state index in [1.165, 1.54) is 6.33 Å². The summed E-state index contributed by atoms with van der Waals surface area (Å²) in [5, 5.41) is 3.01. The van der Waals surface area contributed by atoms with E-state index in [1.54, 1.807) is 12.1 Å². The molecule has 0 bridgehead atoms. The Morgan fingerprint density at radius 1 is 1.26 bits per heavy atom. The van der Waals surface area contributed by atoms with Crippen LogP contribution in [-0.4, -0.2) is 29.0 Å². The van der Waals surface area contributed by atoms with Crippen LogP contribution < -0.4 is 21.3 Å². The summed E-state index contributed by atoms with van der Waals surface area (Å²) in [6, 6.07) is 8.95. The lowest BCUT2D eigenvalue weighted by Crippen LogP contribution is -2.21. The fraction of sp³-hybridized carbons (Fsp3) is 0.286. The van der Waals surface area contributed by atoms with Crippen molar-refractivity contribution >= 4 is 25.4 Å². The predicted octanol–water partition coefficient (Wildman–Crippen LogP) is 2.24. The van der Waals surface area contributed by atoms with Crippen molar-refractivity contribution in [3.05, 3.63) is 36.7 Å². The third-order valence-corrected chi connectivity index (χ3v) is 3.66. The molecule has 1 aromatic heterocycles. The van der Waals surface area contributed by atoms with Crippen molar-refractivity contribution in [1.29, 1.82) is 0 Å². The van der Waals surface area contributed by atoms with Gasteiger partial charge in [0.2, 0.25) is 0 Å². The van der Waals surface area contributed by atoms with Gasteiger partial charge in [0, 0.05) is 6.54 Å². The maximum absolute atomic E-state index is 11.8.